The fourth-order valence-electron chi connectivity index (χ4n) is 2.11. The standard InChI is InChI=1S/C17H23NS/c1-3-16-11-12-17(19-16)13-18-14(2)9-10-15-7-5-4-6-8-15/h4-8,11-12,14,18H,3,9-10,13H2,1-2H3. The molecule has 0 spiro atoms. The molecule has 0 saturated heterocycles. The molecule has 2 heteroatoms. The molecule has 1 heterocycles. The fraction of sp³-hybridized carbons (Fsp3) is 0.412. The SMILES string of the molecule is CCc1ccc(CNC(C)CCc2ccccc2)s1. The molecule has 1 nitrogen and oxygen atoms in total. The Kier molecular flexibility index (Phi) is 5.62. The minimum atomic E-state index is 0.562. The molecule has 0 saturated carbocycles. The van der Waals surface area contributed by atoms with Crippen molar-refractivity contribution >= 4 is 11.3 Å². The molecule has 102 valence electrons. The van der Waals surface area contributed by atoms with Gasteiger partial charge < -0.3 is 5.32 Å². The van der Waals surface area contributed by atoms with Gasteiger partial charge in [0.05, 0.1) is 0 Å². The lowest BCUT2D eigenvalue weighted by Gasteiger charge is -2.13. The predicted octanol–water partition coefficient (Wildman–Crippen LogP) is 4.42. The third-order valence-corrected chi connectivity index (χ3v) is 4.63. The van der Waals surface area contributed by atoms with Gasteiger partial charge in [-0.25, -0.2) is 0 Å². The molecule has 2 rings (SSSR count). The number of hydrogen-bond acceptors (Lipinski definition) is 2. The average molecular weight is 273 g/mol. The number of hydrogen-bond donors (Lipinski definition) is 1. The maximum atomic E-state index is 3.62. The summed E-state index contributed by atoms with van der Waals surface area (Å²) in [7, 11) is 0. The summed E-state index contributed by atoms with van der Waals surface area (Å²) in [6.07, 6.45) is 3.49. The number of thiophene rings is 1. The van der Waals surface area contributed by atoms with Crippen molar-refractivity contribution in [2.75, 3.05) is 0 Å². The van der Waals surface area contributed by atoms with Crippen LogP contribution in [0.1, 0.15) is 35.6 Å². The van der Waals surface area contributed by atoms with Gasteiger partial charge in [-0.15, -0.1) is 11.3 Å². The van der Waals surface area contributed by atoms with E-state index >= 15 is 0 Å². The molecule has 0 radical (unpaired) electrons. The molecule has 0 aliphatic carbocycles. The molecule has 0 bridgehead atoms. The fourth-order valence-corrected chi connectivity index (χ4v) is 3.02. The van der Waals surface area contributed by atoms with E-state index in [2.05, 4.69) is 61.6 Å². The molecule has 1 unspecified atom stereocenters. The van der Waals surface area contributed by atoms with E-state index in [0.717, 1.165) is 19.4 Å². The van der Waals surface area contributed by atoms with Crippen molar-refractivity contribution in [1.82, 2.24) is 5.32 Å². The van der Waals surface area contributed by atoms with Gasteiger partial charge in [-0.2, -0.15) is 0 Å². The third-order valence-electron chi connectivity index (χ3n) is 3.40. The molecule has 2 aromatic rings. The van der Waals surface area contributed by atoms with Crippen molar-refractivity contribution in [2.24, 2.45) is 0 Å². The summed E-state index contributed by atoms with van der Waals surface area (Å²) in [6, 6.07) is 15.8. The Morgan fingerprint density at radius 3 is 2.47 bits per heavy atom. The van der Waals surface area contributed by atoms with Crippen molar-refractivity contribution in [2.45, 2.75) is 45.7 Å². The number of benzene rings is 1. The van der Waals surface area contributed by atoms with Gasteiger partial charge in [0.1, 0.15) is 0 Å². The second-order valence-electron chi connectivity index (χ2n) is 5.03. The van der Waals surface area contributed by atoms with E-state index in [1.54, 1.807) is 0 Å². The van der Waals surface area contributed by atoms with E-state index in [1.807, 2.05) is 11.3 Å². The quantitative estimate of drug-likeness (QED) is 0.787. The van der Waals surface area contributed by atoms with Crippen LogP contribution in [0.5, 0.6) is 0 Å². The van der Waals surface area contributed by atoms with Gasteiger partial charge in [-0.3, -0.25) is 0 Å². The monoisotopic (exact) mass is 273 g/mol. The maximum absolute atomic E-state index is 3.62. The van der Waals surface area contributed by atoms with Gasteiger partial charge in [0.15, 0.2) is 0 Å². The lowest BCUT2D eigenvalue weighted by atomic mass is 10.1. The summed E-state index contributed by atoms with van der Waals surface area (Å²) in [5.41, 5.74) is 1.43. The smallest absolute Gasteiger partial charge is 0.0302 e. The summed E-state index contributed by atoms with van der Waals surface area (Å²) in [5.74, 6) is 0. The van der Waals surface area contributed by atoms with Crippen molar-refractivity contribution in [3.63, 3.8) is 0 Å². The van der Waals surface area contributed by atoms with Gasteiger partial charge in [-0.05, 0) is 43.9 Å². The highest BCUT2D eigenvalue weighted by atomic mass is 32.1. The van der Waals surface area contributed by atoms with E-state index < -0.39 is 0 Å². The first-order chi connectivity index (χ1) is 9.28. The maximum Gasteiger partial charge on any atom is 0.0302 e. The van der Waals surface area contributed by atoms with Crippen LogP contribution < -0.4 is 5.32 Å². The van der Waals surface area contributed by atoms with Crippen molar-refractivity contribution in [1.29, 1.82) is 0 Å². The number of nitrogens with one attached hydrogen (secondary N) is 1. The largest absolute Gasteiger partial charge is 0.309 e. The Labute approximate surface area is 120 Å². The van der Waals surface area contributed by atoms with E-state index in [4.69, 9.17) is 0 Å². The van der Waals surface area contributed by atoms with Crippen molar-refractivity contribution < 1.29 is 0 Å². The first kappa shape index (κ1) is 14.3. The molecule has 1 aromatic heterocycles. The van der Waals surface area contributed by atoms with E-state index in [-0.39, 0.29) is 0 Å². The number of rotatable bonds is 7. The second-order valence-corrected chi connectivity index (χ2v) is 6.28. The Morgan fingerprint density at radius 2 is 1.79 bits per heavy atom. The zero-order valence-electron chi connectivity index (χ0n) is 11.9. The second kappa shape index (κ2) is 7.46. The summed E-state index contributed by atoms with van der Waals surface area (Å²) in [6.45, 7) is 5.49. The summed E-state index contributed by atoms with van der Waals surface area (Å²) < 4.78 is 0. The highest BCUT2D eigenvalue weighted by molar-refractivity contribution is 7.11. The van der Waals surface area contributed by atoms with E-state index in [0.29, 0.717) is 6.04 Å². The Balaban J connectivity index is 1.71. The molecule has 1 atom stereocenters. The first-order valence-corrected chi connectivity index (χ1v) is 7.94. The van der Waals surface area contributed by atoms with Gasteiger partial charge in [0.25, 0.3) is 0 Å². The molecule has 1 aromatic carbocycles. The van der Waals surface area contributed by atoms with Gasteiger partial charge in [-0.1, -0.05) is 37.3 Å². The van der Waals surface area contributed by atoms with Crippen molar-refractivity contribution in [3.05, 3.63) is 57.8 Å². The van der Waals surface area contributed by atoms with Gasteiger partial charge >= 0.3 is 0 Å². The molecule has 0 amide bonds. The Hall–Kier alpha value is -1.12. The van der Waals surface area contributed by atoms with Crippen LogP contribution in [0.25, 0.3) is 0 Å². The van der Waals surface area contributed by atoms with Crippen LogP contribution in [0.2, 0.25) is 0 Å². The third kappa shape index (κ3) is 4.81. The summed E-state index contributed by atoms with van der Waals surface area (Å²) >= 11 is 1.93. The van der Waals surface area contributed by atoms with Gasteiger partial charge in [0.2, 0.25) is 0 Å². The summed E-state index contributed by atoms with van der Waals surface area (Å²) in [4.78, 5) is 2.93. The molecule has 0 aliphatic rings. The average Bonchev–Trinajstić information content (AvgIpc) is 2.92. The zero-order chi connectivity index (χ0) is 13.5. The molecule has 1 N–H and O–H groups in total. The molecular formula is C17H23NS. The van der Waals surface area contributed by atoms with Crippen LogP contribution in [0.4, 0.5) is 0 Å². The van der Waals surface area contributed by atoms with Crippen LogP contribution in [0, 0.1) is 0 Å². The molecule has 19 heavy (non-hydrogen) atoms. The topological polar surface area (TPSA) is 12.0 Å². The lowest BCUT2D eigenvalue weighted by molar-refractivity contribution is 0.517. The van der Waals surface area contributed by atoms with Crippen LogP contribution in [-0.2, 0) is 19.4 Å². The number of aryl methyl sites for hydroxylation is 2. The van der Waals surface area contributed by atoms with Crippen LogP contribution >= 0.6 is 11.3 Å². The Morgan fingerprint density at radius 1 is 1.05 bits per heavy atom. The molecule has 0 fully saturated rings. The van der Waals surface area contributed by atoms with Crippen LogP contribution in [0.15, 0.2) is 42.5 Å². The van der Waals surface area contributed by atoms with Crippen molar-refractivity contribution in [3.8, 4) is 0 Å². The van der Waals surface area contributed by atoms with Gasteiger partial charge in [0, 0.05) is 22.3 Å². The predicted molar refractivity (Wildman–Crippen MR) is 84.8 cm³/mol. The highest BCUT2D eigenvalue weighted by Gasteiger charge is 2.04. The lowest BCUT2D eigenvalue weighted by Crippen LogP contribution is -2.25. The van der Waals surface area contributed by atoms with Crippen LogP contribution in [0.3, 0.4) is 0 Å². The Bertz CT molecular complexity index is 475. The highest BCUT2D eigenvalue weighted by Crippen LogP contribution is 2.17. The zero-order valence-corrected chi connectivity index (χ0v) is 12.7. The molecule has 0 aliphatic heterocycles. The minimum absolute atomic E-state index is 0.562. The first-order valence-electron chi connectivity index (χ1n) is 7.13. The van der Waals surface area contributed by atoms with E-state index in [1.165, 1.54) is 21.7 Å². The minimum Gasteiger partial charge on any atom is -0.309 e. The van der Waals surface area contributed by atoms with Crippen LogP contribution in [-0.4, -0.2) is 6.04 Å². The molecular weight excluding hydrogens is 250 g/mol. The normalized spacial score (nSPS) is 12.5. The van der Waals surface area contributed by atoms with E-state index in [9.17, 15) is 0 Å². The summed E-state index contributed by atoms with van der Waals surface area (Å²) in [5, 5.41) is 3.62.